The van der Waals surface area contributed by atoms with Crippen LogP contribution in [-0.4, -0.2) is 0 Å². The van der Waals surface area contributed by atoms with Crippen molar-refractivity contribution < 1.29 is 0 Å². The number of benzene rings is 5. The van der Waals surface area contributed by atoms with E-state index in [1.165, 1.54) is 53.6 Å². The Hall–Kier alpha value is -3.68. The molecule has 0 amide bonds. The van der Waals surface area contributed by atoms with Gasteiger partial charge in [0.05, 0.1) is 0 Å². The van der Waals surface area contributed by atoms with Gasteiger partial charge in [0.15, 0.2) is 0 Å². The Morgan fingerprint density at radius 3 is 1.65 bits per heavy atom. The first-order valence-corrected chi connectivity index (χ1v) is 11.3. The van der Waals surface area contributed by atoms with E-state index in [9.17, 15) is 0 Å². The molecule has 6 rings (SSSR count). The second-order valence-corrected chi connectivity index (χ2v) is 8.86. The highest BCUT2D eigenvalue weighted by atomic mass is 32.1. The maximum atomic E-state index is 2.35. The number of hydrogen-bond acceptors (Lipinski definition) is 1. The third-order valence-corrected chi connectivity index (χ3v) is 7.11. The number of hydrogen-bond donors (Lipinski definition) is 0. The van der Waals surface area contributed by atoms with Crippen LogP contribution in [0.4, 0.5) is 0 Å². The van der Waals surface area contributed by atoms with Crippen LogP contribution in [0.5, 0.6) is 0 Å². The van der Waals surface area contributed by atoms with E-state index in [-0.39, 0.29) is 0 Å². The predicted octanol–water partition coefficient (Wildman–Crippen LogP) is 9.06. The van der Waals surface area contributed by atoms with Crippen molar-refractivity contribution in [3.63, 3.8) is 0 Å². The second-order valence-electron chi connectivity index (χ2n) is 7.81. The third-order valence-electron chi connectivity index (χ3n) is 5.89. The molecule has 146 valence electrons. The first-order valence-electron chi connectivity index (χ1n) is 10.5. The molecule has 0 bridgehead atoms. The van der Waals surface area contributed by atoms with Gasteiger partial charge >= 0.3 is 0 Å². The largest absolute Gasteiger partial charge is 0.135 e. The van der Waals surface area contributed by atoms with Crippen molar-refractivity contribution in [1.82, 2.24) is 0 Å². The van der Waals surface area contributed by atoms with Crippen LogP contribution in [0.25, 0.3) is 53.6 Å². The van der Waals surface area contributed by atoms with Crippen LogP contribution in [0, 0.1) is 0 Å². The van der Waals surface area contributed by atoms with Crippen LogP contribution < -0.4 is 0 Å². The highest BCUT2D eigenvalue weighted by Gasteiger charge is 2.13. The fourth-order valence-corrected chi connectivity index (χ4v) is 5.53. The smallest absolute Gasteiger partial charge is 0.0434 e. The summed E-state index contributed by atoms with van der Waals surface area (Å²) in [6, 6.07) is 43.7. The average Bonchev–Trinajstić information content (AvgIpc) is 3.23. The zero-order chi connectivity index (χ0) is 20.6. The van der Waals surface area contributed by atoms with Gasteiger partial charge in [-0.05, 0) is 46.0 Å². The van der Waals surface area contributed by atoms with Crippen molar-refractivity contribution in [3.8, 4) is 33.4 Å². The molecule has 6 aromatic rings. The van der Waals surface area contributed by atoms with Crippen molar-refractivity contribution in [2.45, 2.75) is 0 Å². The van der Waals surface area contributed by atoms with Gasteiger partial charge in [-0.1, -0.05) is 103 Å². The maximum Gasteiger partial charge on any atom is 0.0434 e. The van der Waals surface area contributed by atoms with E-state index in [0.717, 1.165) is 0 Å². The Morgan fingerprint density at radius 1 is 0.387 bits per heavy atom. The SMILES string of the molecule is c1ccc(-c2ccc(-c3cc(-c4ccccc4)cc4c3sc3ccccc34)cc2)cc1. The van der Waals surface area contributed by atoms with Crippen LogP contribution in [-0.2, 0) is 0 Å². The summed E-state index contributed by atoms with van der Waals surface area (Å²) in [5.74, 6) is 0. The molecule has 1 heteroatoms. The Bertz CT molecular complexity index is 1490. The van der Waals surface area contributed by atoms with Gasteiger partial charge in [0.1, 0.15) is 0 Å². The molecule has 1 heterocycles. The Morgan fingerprint density at radius 2 is 0.935 bits per heavy atom. The van der Waals surface area contributed by atoms with E-state index < -0.39 is 0 Å². The van der Waals surface area contributed by atoms with Gasteiger partial charge in [-0.15, -0.1) is 11.3 Å². The van der Waals surface area contributed by atoms with E-state index >= 15 is 0 Å². The zero-order valence-electron chi connectivity index (χ0n) is 17.0. The molecule has 0 unspecified atom stereocenters. The minimum atomic E-state index is 1.25. The Kier molecular flexibility index (Phi) is 4.40. The average molecular weight is 413 g/mol. The summed E-state index contributed by atoms with van der Waals surface area (Å²) >= 11 is 1.89. The highest BCUT2D eigenvalue weighted by molar-refractivity contribution is 7.26. The Labute approximate surface area is 186 Å². The van der Waals surface area contributed by atoms with E-state index in [1.54, 1.807) is 0 Å². The molecule has 0 saturated carbocycles. The lowest BCUT2D eigenvalue weighted by Gasteiger charge is -2.10. The molecule has 0 saturated heterocycles. The minimum Gasteiger partial charge on any atom is -0.135 e. The van der Waals surface area contributed by atoms with E-state index in [4.69, 9.17) is 0 Å². The molecule has 31 heavy (non-hydrogen) atoms. The summed E-state index contributed by atoms with van der Waals surface area (Å²) < 4.78 is 2.69. The standard InChI is InChI=1S/C30H20S/c1-3-9-21(10-4-1)23-15-17-24(18-16-23)27-19-25(22-11-5-2-6-12-22)20-28-26-13-7-8-14-29(26)31-30(27)28/h1-20H. The molecule has 0 radical (unpaired) electrons. The molecule has 0 aliphatic heterocycles. The van der Waals surface area contributed by atoms with Crippen LogP contribution in [0.2, 0.25) is 0 Å². The lowest BCUT2D eigenvalue weighted by molar-refractivity contribution is 1.60. The van der Waals surface area contributed by atoms with Gasteiger partial charge < -0.3 is 0 Å². The lowest BCUT2D eigenvalue weighted by Crippen LogP contribution is -1.84. The second kappa shape index (κ2) is 7.54. The molecular formula is C30H20S. The third kappa shape index (κ3) is 3.24. The molecule has 0 aliphatic rings. The van der Waals surface area contributed by atoms with Gasteiger partial charge in [-0.3, -0.25) is 0 Å². The summed E-state index contributed by atoms with van der Waals surface area (Å²) in [6.45, 7) is 0. The quantitative estimate of drug-likeness (QED) is 0.272. The fraction of sp³-hybridized carbons (Fsp3) is 0. The topological polar surface area (TPSA) is 0 Å². The van der Waals surface area contributed by atoms with Crippen molar-refractivity contribution in [2.75, 3.05) is 0 Å². The molecule has 0 nitrogen and oxygen atoms in total. The first kappa shape index (κ1) is 18.1. The van der Waals surface area contributed by atoms with Gasteiger partial charge in [-0.2, -0.15) is 0 Å². The summed E-state index contributed by atoms with van der Waals surface area (Å²) in [6.07, 6.45) is 0. The normalized spacial score (nSPS) is 11.2. The van der Waals surface area contributed by atoms with Crippen molar-refractivity contribution in [2.24, 2.45) is 0 Å². The van der Waals surface area contributed by atoms with Crippen LogP contribution >= 0.6 is 11.3 Å². The highest BCUT2D eigenvalue weighted by Crippen LogP contribution is 2.42. The summed E-state index contributed by atoms with van der Waals surface area (Å²) in [4.78, 5) is 0. The minimum absolute atomic E-state index is 1.25. The van der Waals surface area contributed by atoms with Crippen molar-refractivity contribution >= 4 is 31.5 Å². The molecule has 0 atom stereocenters. The molecule has 0 fully saturated rings. The van der Waals surface area contributed by atoms with Crippen LogP contribution in [0.1, 0.15) is 0 Å². The monoisotopic (exact) mass is 412 g/mol. The van der Waals surface area contributed by atoms with E-state index in [0.29, 0.717) is 0 Å². The summed E-state index contributed by atoms with van der Waals surface area (Å²) in [5.41, 5.74) is 7.57. The zero-order valence-corrected chi connectivity index (χ0v) is 17.8. The van der Waals surface area contributed by atoms with Crippen LogP contribution in [0.3, 0.4) is 0 Å². The van der Waals surface area contributed by atoms with Gasteiger partial charge in [-0.25, -0.2) is 0 Å². The molecule has 5 aromatic carbocycles. The molecule has 1 aromatic heterocycles. The van der Waals surface area contributed by atoms with E-state index in [2.05, 4.69) is 121 Å². The van der Waals surface area contributed by atoms with Gasteiger partial charge in [0.2, 0.25) is 0 Å². The first-order chi connectivity index (χ1) is 15.4. The molecular weight excluding hydrogens is 392 g/mol. The fourth-order valence-electron chi connectivity index (χ4n) is 4.31. The van der Waals surface area contributed by atoms with Gasteiger partial charge in [0.25, 0.3) is 0 Å². The lowest BCUT2D eigenvalue weighted by atomic mass is 9.95. The van der Waals surface area contributed by atoms with E-state index in [1.807, 2.05) is 11.3 Å². The number of rotatable bonds is 3. The maximum absolute atomic E-state index is 2.35. The van der Waals surface area contributed by atoms with Gasteiger partial charge in [0, 0.05) is 25.7 Å². The molecule has 0 N–H and O–H groups in total. The number of thiophene rings is 1. The summed E-state index contributed by atoms with van der Waals surface area (Å²) in [5, 5.41) is 2.67. The molecule has 0 aliphatic carbocycles. The van der Waals surface area contributed by atoms with Crippen LogP contribution in [0.15, 0.2) is 121 Å². The van der Waals surface area contributed by atoms with Crippen molar-refractivity contribution in [1.29, 1.82) is 0 Å². The number of fused-ring (bicyclic) bond motifs is 3. The summed E-state index contributed by atoms with van der Waals surface area (Å²) in [7, 11) is 0. The molecule has 0 spiro atoms. The Balaban J connectivity index is 1.58. The predicted molar refractivity (Wildman–Crippen MR) is 136 cm³/mol. The van der Waals surface area contributed by atoms with Crippen molar-refractivity contribution in [3.05, 3.63) is 121 Å².